The van der Waals surface area contributed by atoms with E-state index >= 15 is 0 Å². The standard InChI is InChI=1S/C15H20N2O2/c1-12(2)17(9-8-15(18)19-3)11-14-7-5-4-6-13(14)10-16/h4-7,12H,8-9,11H2,1-3H3. The molecule has 0 fully saturated rings. The Labute approximate surface area is 114 Å². The molecule has 1 rings (SSSR count). The van der Waals surface area contributed by atoms with Gasteiger partial charge in [0.2, 0.25) is 0 Å². The maximum Gasteiger partial charge on any atom is 0.306 e. The summed E-state index contributed by atoms with van der Waals surface area (Å²) in [5.74, 6) is -0.209. The van der Waals surface area contributed by atoms with Gasteiger partial charge in [-0.05, 0) is 25.5 Å². The predicted molar refractivity (Wildman–Crippen MR) is 73.3 cm³/mol. The van der Waals surface area contributed by atoms with Crippen molar-refractivity contribution in [2.75, 3.05) is 13.7 Å². The smallest absolute Gasteiger partial charge is 0.306 e. The molecule has 19 heavy (non-hydrogen) atoms. The molecule has 0 heterocycles. The van der Waals surface area contributed by atoms with Gasteiger partial charge in [0.1, 0.15) is 0 Å². The van der Waals surface area contributed by atoms with Crippen molar-refractivity contribution >= 4 is 5.97 Å². The van der Waals surface area contributed by atoms with Crippen LogP contribution in [-0.4, -0.2) is 30.6 Å². The minimum atomic E-state index is -0.209. The molecule has 0 aromatic heterocycles. The normalized spacial score (nSPS) is 10.5. The van der Waals surface area contributed by atoms with E-state index in [1.165, 1.54) is 7.11 Å². The fourth-order valence-corrected chi connectivity index (χ4v) is 1.84. The highest BCUT2D eigenvalue weighted by Gasteiger charge is 2.14. The molecule has 1 aromatic carbocycles. The first kappa shape index (κ1) is 15.2. The number of hydrogen-bond acceptors (Lipinski definition) is 4. The molecule has 0 saturated carbocycles. The highest BCUT2D eigenvalue weighted by molar-refractivity contribution is 5.69. The number of ether oxygens (including phenoxy) is 1. The van der Waals surface area contributed by atoms with E-state index in [1.54, 1.807) is 0 Å². The topological polar surface area (TPSA) is 53.3 Å². The Morgan fingerprint density at radius 1 is 1.42 bits per heavy atom. The average molecular weight is 260 g/mol. The van der Waals surface area contributed by atoms with Crippen LogP contribution in [0.5, 0.6) is 0 Å². The minimum Gasteiger partial charge on any atom is -0.469 e. The van der Waals surface area contributed by atoms with Crippen molar-refractivity contribution in [2.45, 2.75) is 32.9 Å². The van der Waals surface area contributed by atoms with Crippen molar-refractivity contribution in [3.63, 3.8) is 0 Å². The minimum absolute atomic E-state index is 0.209. The summed E-state index contributed by atoms with van der Waals surface area (Å²) in [5, 5.41) is 9.08. The lowest BCUT2D eigenvalue weighted by Crippen LogP contribution is -2.32. The molecule has 0 N–H and O–H groups in total. The third-order valence-electron chi connectivity index (χ3n) is 3.07. The quantitative estimate of drug-likeness (QED) is 0.737. The lowest BCUT2D eigenvalue weighted by molar-refractivity contribution is -0.141. The molecule has 0 unspecified atom stereocenters. The maximum atomic E-state index is 11.2. The van der Waals surface area contributed by atoms with Crippen LogP contribution < -0.4 is 0 Å². The Balaban J connectivity index is 2.73. The molecule has 0 amide bonds. The summed E-state index contributed by atoms with van der Waals surface area (Å²) in [7, 11) is 1.40. The molecule has 0 atom stereocenters. The van der Waals surface area contributed by atoms with Gasteiger partial charge in [-0.25, -0.2) is 0 Å². The van der Waals surface area contributed by atoms with E-state index < -0.39 is 0 Å². The first-order valence-electron chi connectivity index (χ1n) is 6.37. The van der Waals surface area contributed by atoms with Crippen LogP contribution in [0.4, 0.5) is 0 Å². The van der Waals surface area contributed by atoms with E-state index in [-0.39, 0.29) is 5.97 Å². The van der Waals surface area contributed by atoms with Crippen molar-refractivity contribution in [1.82, 2.24) is 4.90 Å². The lowest BCUT2D eigenvalue weighted by atomic mass is 10.1. The summed E-state index contributed by atoms with van der Waals surface area (Å²) in [6, 6.07) is 10.0. The Morgan fingerprint density at radius 3 is 2.68 bits per heavy atom. The summed E-state index contributed by atoms with van der Waals surface area (Å²) >= 11 is 0. The molecule has 1 aromatic rings. The third kappa shape index (κ3) is 4.72. The third-order valence-corrected chi connectivity index (χ3v) is 3.07. The van der Waals surface area contributed by atoms with E-state index in [1.807, 2.05) is 24.3 Å². The number of benzene rings is 1. The Morgan fingerprint density at radius 2 is 2.11 bits per heavy atom. The van der Waals surface area contributed by atoms with Gasteiger partial charge in [-0.3, -0.25) is 9.69 Å². The van der Waals surface area contributed by atoms with Crippen LogP contribution in [0.3, 0.4) is 0 Å². The van der Waals surface area contributed by atoms with Crippen LogP contribution in [0, 0.1) is 11.3 Å². The van der Waals surface area contributed by atoms with Crippen molar-refractivity contribution in [3.8, 4) is 6.07 Å². The van der Waals surface area contributed by atoms with Crippen LogP contribution in [0.25, 0.3) is 0 Å². The first-order valence-corrected chi connectivity index (χ1v) is 6.37. The number of esters is 1. The average Bonchev–Trinajstić information content (AvgIpc) is 2.42. The monoisotopic (exact) mass is 260 g/mol. The molecule has 0 radical (unpaired) electrons. The van der Waals surface area contributed by atoms with Crippen molar-refractivity contribution < 1.29 is 9.53 Å². The molecular formula is C15H20N2O2. The molecule has 4 nitrogen and oxygen atoms in total. The summed E-state index contributed by atoms with van der Waals surface area (Å²) < 4.78 is 4.66. The zero-order chi connectivity index (χ0) is 14.3. The Kier molecular flexibility index (Phi) is 6.04. The van der Waals surface area contributed by atoms with Crippen molar-refractivity contribution in [1.29, 1.82) is 5.26 Å². The van der Waals surface area contributed by atoms with E-state index in [4.69, 9.17) is 5.26 Å². The highest BCUT2D eigenvalue weighted by Crippen LogP contribution is 2.13. The highest BCUT2D eigenvalue weighted by atomic mass is 16.5. The van der Waals surface area contributed by atoms with Gasteiger partial charge in [-0.2, -0.15) is 5.26 Å². The van der Waals surface area contributed by atoms with Gasteiger partial charge in [-0.15, -0.1) is 0 Å². The van der Waals surface area contributed by atoms with Gasteiger partial charge in [-0.1, -0.05) is 18.2 Å². The molecule has 0 bridgehead atoms. The van der Waals surface area contributed by atoms with Crippen LogP contribution in [0.15, 0.2) is 24.3 Å². The zero-order valence-electron chi connectivity index (χ0n) is 11.7. The second-order valence-electron chi connectivity index (χ2n) is 4.66. The van der Waals surface area contributed by atoms with E-state index in [0.29, 0.717) is 31.1 Å². The molecule has 0 aliphatic heterocycles. The first-order chi connectivity index (χ1) is 9.08. The summed E-state index contributed by atoms with van der Waals surface area (Å²) in [5.41, 5.74) is 1.68. The summed E-state index contributed by atoms with van der Waals surface area (Å²) in [4.78, 5) is 13.4. The Hall–Kier alpha value is -1.86. The number of rotatable bonds is 6. The number of methoxy groups -OCH3 is 1. The number of nitriles is 1. The fourth-order valence-electron chi connectivity index (χ4n) is 1.84. The fraction of sp³-hybridized carbons (Fsp3) is 0.467. The number of nitrogens with zero attached hydrogens (tertiary/aromatic N) is 2. The number of carbonyl (C=O) groups is 1. The van der Waals surface area contributed by atoms with E-state index in [0.717, 1.165) is 5.56 Å². The number of carbonyl (C=O) groups excluding carboxylic acids is 1. The predicted octanol–water partition coefficient (Wildman–Crippen LogP) is 2.33. The molecule has 102 valence electrons. The van der Waals surface area contributed by atoms with Crippen molar-refractivity contribution in [2.24, 2.45) is 0 Å². The molecule has 0 saturated heterocycles. The number of hydrogen-bond donors (Lipinski definition) is 0. The molecule has 0 spiro atoms. The van der Waals surface area contributed by atoms with Crippen LogP contribution in [-0.2, 0) is 16.1 Å². The molecular weight excluding hydrogens is 240 g/mol. The largest absolute Gasteiger partial charge is 0.469 e. The van der Waals surface area contributed by atoms with E-state index in [9.17, 15) is 4.79 Å². The molecule has 0 aliphatic carbocycles. The van der Waals surface area contributed by atoms with Crippen LogP contribution in [0.2, 0.25) is 0 Å². The SMILES string of the molecule is COC(=O)CCN(Cc1ccccc1C#N)C(C)C. The van der Waals surface area contributed by atoms with Gasteiger partial charge in [0.15, 0.2) is 0 Å². The van der Waals surface area contributed by atoms with Gasteiger partial charge in [0, 0.05) is 19.1 Å². The zero-order valence-corrected chi connectivity index (χ0v) is 11.7. The van der Waals surface area contributed by atoms with Gasteiger partial charge in [0.05, 0.1) is 25.2 Å². The Bertz CT molecular complexity index is 463. The van der Waals surface area contributed by atoms with E-state index in [2.05, 4.69) is 29.6 Å². The second-order valence-corrected chi connectivity index (χ2v) is 4.66. The molecule has 0 aliphatic rings. The van der Waals surface area contributed by atoms with Crippen LogP contribution in [0.1, 0.15) is 31.4 Å². The summed E-state index contributed by atoms with van der Waals surface area (Å²) in [6.07, 6.45) is 0.364. The van der Waals surface area contributed by atoms with Gasteiger partial charge >= 0.3 is 5.97 Å². The van der Waals surface area contributed by atoms with Gasteiger partial charge < -0.3 is 4.74 Å². The maximum absolute atomic E-state index is 11.2. The lowest BCUT2D eigenvalue weighted by Gasteiger charge is -2.26. The van der Waals surface area contributed by atoms with Gasteiger partial charge in [0.25, 0.3) is 0 Å². The van der Waals surface area contributed by atoms with Crippen molar-refractivity contribution in [3.05, 3.63) is 35.4 Å². The molecule has 4 heteroatoms. The second kappa shape index (κ2) is 7.55. The van der Waals surface area contributed by atoms with Crippen LogP contribution >= 0.6 is 0 Å². The summed E-state index contributed by atoms with van der Waals surface area (Å²) in [6.45, 7) is 5.45.